The van der Waals surface area contributed by atoms with Crippen LogP contribution in [0.25, 0.3) is 0 Å². The van der Waals surface area contributed by atoms with Gasteiger partial charge in [0.1, 0.15) is 5.82 Å². The summed E-state index contributed by atoms with van der Waals surface area (Å²) in [5.74, 6) is 0.571. The third kappa shape index (κ3) is 2.06. The molecule has 1 saturated carbocycles. The molecule has 1 heterocycles. The van der Waals surface area contributed by atoms with Gasteiger partial charge in [0.05, 0.1) is 21.1 Å². The molecule has 5 nitrogen and oxygen atoms in total. The van der Waals surface area contributed by atoms with Crippen LogP contribution in [0.4, 0.5) is 5.82 Å². The van der Waals surface area contributed by atoms with Crippen molar-refractivity contribution in [2.45, 2.75) is 30.6 Å². The Morgan fingerprint density at radius 1 is 1.56 bits per heavy atom. The normalized spacial score (nSPS) is 26.1. The zero-order valence-electron chi connectivity index (χ0n) is 8.93. The highest BCUT2D eigenvalue weighted by atomic mass is 127. The summed E-state index contributed by atoms with van der Waals surface area (Å²) in [5.41, 5.74) is 5.89. The highest BCUT2D eigenvalue weighted by molar-refractivity contribution is 14.1. The molecule has 0 bridgehead atoms. The molecule has 1 aliphatic carbocycles. The molecular weight excluding hydrogens is 341 g/mol. The maximum absolute atomic E-state index is 11.7. The standard InChI is InChI=1S/C9H14IN3O2S/c1-16(14,15)8-4-2-3-7(8)13-9(11)6(10)5-12-13/h5,7-8H,2-4,11H2,1H3. The van der Waals surface area contributed by atoms with E-state index in [1.807, 2.05) is 0 Å². The third-order valence-corrected chi connectivity index (χ3v) is 5.55. The number of sulfone groups is 1. The van der Waals surface area contributed by atoms with Gasteiger partial charge in [0.15, 0.2) is 9.84 Å². The molecule has 1 fully saturated rings. The van der Waals surface area contributed by atoms with Gasteiger partial charge in [-0.15, -0.1) is 0 Å². The predicted molar refractivity (Wildman–Crippen MR) is 70.9 cm³/mol. The summed E-state index contributed by atoms with van der Waals surface area (Å²) in [6.45, 7) is 0. The Hall–Kier alpha value is -0.310. The third-order valence-electron chi connectivity index (χ3n) is 3.07. The topological polar surface area (TPSA) is 78.0 Å². The molecule has 2 N–H and O–H groups in total. The van der Waals surface area contributed by atoms with Crippen LogP contribution in [0, 0.1) is 3.57 Å². The monoisotopic (exact) mass is 355 g/mol. The number of rotatable bonds is 2. The molecule has 16 heavy (non-hydrogen) atoms. The van der Waals surface area contributed by atoms with Crippen LogP contribution >= 0.6 is 22.6 Å². The van der Waals surface area contributed by atoms with Crippen molar-refractivity contribution in [3.8, 4) is 0 Å². The fourth-order valence-corrected chi connectivity index (χ4v) is 4.09. The molecule has 2 unspecified atom stereocenters. The quantitative estimate of drug-likeness (QED) is 0.809. The van der Waals surface area contributed by atoms with Crippen molar-refractivity contribution in [2.24, 2.45) is 0 Å². The lowest BCUT2D eigenvalue weighted by Gasteiger charge is -2.19. The van der Waals surface area contributed by atoms with E-state index >= 15 is 0 Å². The van der Waals surface area contributed by atoms with Gasteiger partial charge in [-0.1, -0.05) is 0 Å². The average Bonchev–Trinajstić information content (AvgIpc) is 2.74. The Morgan fingerprint density at radius 3 is 2.75 bits per heavy atom. The lowest BCUT2D eigenvalue weighted by molar-refractivity contribution is 0.464. The maximum Gasteiger partial charge on any atom is 0.152 e. The Labute approximate surface area is 108 Å². The number of hydrogen-bond acceptors (Lipinski definition) is 4. The van der Waals surface area contributed by atoms with Crippen molar-refractivity contribution < 1.29 is 8.42 Å². The molecule has 2 rings (SSSR count). The van der Waals surface area contributed by atoms with Gasteiger partial charge in [-0.3, -0.25) is 0 Å². The fraction of sp³-hybridized carbons (Fsp3) is 0.667. The van der Waals surface area contributed by atoms with Gasteiger partial charge in [-0.2, -0.15) is 5.10 Å². The molecule has 0 radical (unpaired) electrons. The first kappa shape index (κ1) is 12.2. The van der Waals surface area contributed by atoms with Gasteiger partial charge in [-0.25, -0.2) is 13.1 Å². The molecule has 0 spiro atoms. The Kier molecular flexibility index (Phi) is 3.17. The highest BCUT2D eigenvalue weighted by Gasteiger charge is 2.37. The average molecular weight is 355 g/mol. The first-order valence-electron chi connectivity index (χ1n) is 5.08. The Bertz CT molecular complexity index is 497. The van der Waals surface area contributed by atoms with E-state index in [1.54, 1.807) is 10.9 Å². The number of nitrogens with zero attached hydrogens (tertiary/aromatic N) is 2. The highest BCUT2D eigenvalue weighted by Crippen LogP contribution is 2.36. The zero-order chi connectivity index (χ0) is 11.9. The zero-order valence-corrected chi connectivity index (χ0v) is 11.9. The van der Waals surface area contributed by atoms with Crippen molar-refractivity contribution in [3.05, 3.63) is 9.77 Å². The van der Waals surface area contributed by atoms with Crippen molar-refractivity contribution in [3.63, 3.8) is 0 Å². The number of hydrogen-bond donors (Lipinski definition) is 1. The molecular formula is C9H14IN3O2S. The maximum atomic E-state index is 11.7. The fourth-order valence-electron chi connectivity index (χ4n) is 2.30. The molecule has 0 aromatic carbocycles. The first-order chi connectivity index (χ1) is 7.41. The van der Waals surface area contributed by atoms with Crippen LogP contribution < -0.4 is 5.73 Å². The number of aromatic nitrogens is 2. The van der Waals surface area contributed by atoms with E-state index in [2.05, 4.69) is 27.7 Å². The molecule has 90 valence electrons. The summed E-state index contributed by atoms with van der Waals surface area (Å²) in [4.78, 5) is 0. The van der Waals surface area contributed by atoms with E-state index in [0.29, 0.717) is 12.2 Å². The van der Waals surface area contributed by atoms with Crippen LogP contribution in [0.5, 0.6) is 0 Å². The second-order valence-electron chi connectivity index (χ2n) is 4.19. The van der Waals surface area contributed by atoms with E-state index in [-0.39, 0.29) is 11.3 Å². The van der Waals surface area contributed by atoms with E-state index in [1.165, 1.54) is 6.26 Å². The number of nitrogens with two attached hydrogens (primary N) is 1. The van der Waals surface area contributed by atoms with Crippen molar-refractivity contribution in [2.75, 3.05) is 12.0 Å². The van der Waals surface area contributed by atoms with E-state index in [9.17, 15) is 8.42 Å². The number of halogens is 1. The van der Waals surface area contributed by atoms with Gasteiger partial charge in [0, 0.05) is 6.26 Å². The lowest BCUT2D eigenvalue weighted by Crippen LogP contribution is -2.28. The minimum Gasteiger partial charge on any atom is -0.383 e. The summed E-state index contributed by atoms with van der Waals surface area (Å²) in [6, 6.07) is -0.0986. The lowest BCUT2D eigenvalue weighted by atomic mass is 10.2. The van der Waals surface area contributed by atoms with E-state index in [4.69, 9.17) is 5.73 Å². The number of nitrogen functional groups attached to an aromatic ring is 1. The summed E-state index contributed by atoms with van der Waals surface area (Å²) in [7, 11) is -3.03. The van der Waals surface area contributed by atoms with Gasteiger partial charge >= 0.3 is 0 Å². The second-order valence-corrected chi connectivity index (χ2v) is 7.62. The van der Waals surface area contributed by atoms with Gasteiger partial charge in [0.25, 0.3) is 0 Å². The van der Waals surface area contributed by atoms with Crippen LogP contribution in [0.3, 0.4) is 0 Å². The molecule has 1 aromatic rings. The van der Waals surface area contributed by atoms with Gasteiger partial charge in [0.2, 0.25) is 0 Å². The molecule has 0 amide bonds. The molecule has 0 aliphatic heterocycles. The molecule has 1 aromatic heterocycles. The predicted octanol–water partition coefficient (Wildman–Crippen LogP) is 1.21. The Balaban J connectivity index is 2.38. The van der Waals surface area contributed by atoms with Crippen molar-refractivity contribution in [1.82, 2.24) is 9.78 Å². The summed E-state index contributed by atoms with van der Waals surface area (Å²) in [6.07, 6.45) is 5.42. The van der Waals surface area contributed by atoms with Crippen LogP contribution in [0.2, 0.25) is 0 Å². The Morgan fingerprint density at radius 2 is 2.25 bits per heavy atom. The van der Waals surface area contributed by atoms with Crippen LogP contribution in [-0.2, 0) is 9.84 Å². The smallest absolute Gasteiger partial charge is 0.152 e. The van der Waals surface area contributed by atoms with Gasteiger partial charge in [-0.05, 0) is 41.9 Å². The summed E-state index contributed by atoms with van der Waals surface area (Å²) >= 11 is 2.10. The largest absolute Gasteiger partial charge is 0.383 e. The molecule has 7 heteroatoms. The SMILES string of the molecule is CS(=O)(=O)C1CCCC1n1ncc(I)c1N. The first-order valence-corrected chi connectivity index (χ1v) is 8.12. The summed E-state index contributed by atoms with van der Waals surface area (Å²) in [5, 5.41) is 3.84. The number of anilines is 1. The minimum atomic E-state index is -3.03. The van der Waals surface area contributed by atoms with Crippen LogP contribution in [-0.4, -0.2) is 29.7 Å². The van der Waals surface area contributed by atoms with E-state index < -0.39 is 9.84 Å². The minimum absolute atomic E-state index is 0.0986. The van der Waals surface area contributed by atoms with Crippen LogP contribution in [0.15, 0.2) is 6.20 Å². The van der Waals surface area contributed by atoms with Crippen molar-refractivity contribution >= 4 is 38.2 Å². The van der Waals surface area contributed by atoms with E-state index in [0.717, 1.165) is 16.4 Å². The molecule has 2 atom stereocenters. The molecule has 0 saturated heterocycles. The summed E-state index contributed by atoms with van der Waals surface area (Å²) < 4.78 is 25.8. The van der Waals surface area contributed by atoms with Crippen LogP contribution in [0.1, 0.15) is 25.3 Å². The van der Waals surface area contributed by atoms with Crippen molar-refractivity contribution in [1.29, 1.82) is 0 Å². The second kappa shape index (κ2) is 4.17. The van der Waals surface area contributed by atoms with Gasteiger partial charge < -0.3 is 5.73 Å². The molecule has 1 aliphatic rings.